The summed E-state index contributed by atoms with van der Waals surface area (Å²) in [6, 6.07) is 5.73. The first-order valence-corrected chi connectivity index (χ1v) is 6.16. The van der Waals surface area contributed by atoms with Crippen molar-refractivity contribution in [3.8, 4) is 6.07 Å². The largest absolute Gasteiger partial charge is 0.384 e. The van der Waals surface area contributed by atoms with Gasteiger partial charge in [0.1, 0.15) is 11.8 Å². The van der Waals surface area contributed by atoms with Crippen LogP contribution >= 0.6 is 11.8 Å². The highest BCUT2D eigenvalue weighted by molar-refractivity contribution is 8.00. The molecular weight excluding hydrogens is 206 g/mol. The number of thioether (sulfide) groups is 1. The Bertz CT molecular complexity index is 393. The maximum atomic E-state index is 8.70. The van der Waals surface area contributed by atoms with Crippen LogP contribution in [0, 0.1) is 11.3 Å². The summed E-state index contributed by atoms with van der Waals surface area (Å²) in [6.07, 6.45) is 6.40. The molecule has 0 bridgehead atoms. The van der Waals surface area contributed by atoms with Gasteiger partial charge in [-0.2, -0.15) is 17.0 Å². The standard InChI is InChI=1S/C11H13N3S/c1-15-11(3-4-11)8-14-9-2-5-13-10(6-9)7-12/h2,5-6H,3-4,8H2,1H3,(H,13,14). The van der Waals surface area contributed by atoms with Gasteiger partial charge in [0.15, 0.2) is 0 Å². The summed E-state index contributed by atoms with van der Waals surface area (Å²) in [7, 11) is 0. The molecule has 78 valence electrons. The topological polar surface area (TPSA) is 48.7 Å². The SMILES string of the molecule is CSC1(CNc2ccnc(C#N)c2)CC1. The Kier molecular flexibility index (Phi) is 2.83. The lowest BCUT2D eigenvalue weighted by atomic mass is 10.3. The molecule has 3 nitrogen and oxygen atoms in total. The molecule has 15 heavy (non-hydrogen) atoms. The quantitative estimate of drug-likeness (QED) is 0.844. The smallest absolute Gasteiger partial charge is 0.142 e. The number of rotatable bonds is 4. The van der Waals surface area contributed by atoms with Gasteiger partial charge in [-0.15, -0.1) is 0 Å². The number of hydrogen-bond donors (Lipinski definition) is 1. The van der Waals surface area contributed by atoms with Crippen molar-refractivity contribution in [1.82, 2.24) is 4.98 Å². The first-order valence-electron chi connectivity index (χ1n) is 4.93. The second kappa shape index (κ2) is 4.11. The molecule has 0 unspecified atom stereocenters. The van der Waals surface area contributed by atoms with E-state index in [0.29, 0.717) is 10.4 Å². The summed E-state index contributed by atoms with van der Waals surface area (Å²) in [5, 5.41) is 12.1. The molecule has 0 amide bonds. The van der Waals surface area contributed by atoms with Gasteiger partial charge in [-0.3, -0.25) is 0 Å². The number of aromatic nitrogens is 1. The van der Waals surface area contributed by atoms with Crippen LogP contribution in [0.2, 0.25) is 0 Å². The lowest BCUT2D eigenvalue weighted by molar-refractivity contribution is 0.948. The van der Waals surface area contributed by atoms with E-state index < -0.39 is 0 Å². The maximum Gasteiger partial charge on any atom is 0.142 e. The fourth-order valence-corrected chi connectivity index (χ4v) is 2.18. The second-order valence-electron chi connectivity index (χ2n) is 3.78. The number of nitrogens with one attached hydrogen (secondary N) is 1. The lowest BCUT2D eigenvalue weighted by Crippen LogP contribution is -2.17. The van der Waals surface area contributed by atoms with Crippen molar-refractivity contribution in [2.45, 2.75) is 17.6 Å². The lowest BCUT2D eigenvalue weighted by Gasteiger charge is -2.13. The second-order valence-corrected chi connectivity index (χ2v) is 5.06. The third-order valence-electron chi connectivity index (χ3n) is 2.73. The molecule has 1 fully saturated rings. The van der Waals surface area contributed by atoms with Crippen LogP contribution in [0.3, 0.4) is 0 Å². The van der Waals surface area contributed by atoms with E-state index in [1.807, 2.05) is 23.9 Å². The Labute approximate surface area is 93.9 Å². The number of pyridine rings is 1. The summed E-state index contributed by atoms with van der Waals surface area (Å²) in [4.78, 5) is 3.93. The van der Waals surface area contributed by atoms with Gasteiger partial charge >= 0.3 is 0 Å². The van der Waals surface area contributed by atoms with Crippen molar-refractivity contribution in [2.24, 2.45) is 0 Å². The average molecular weight is 219 g/mol. The van der Waals surface area contributed by atoms with Crippen molar-refractivity contribution in [2.75, 3.05) is 18.1 Å². The highest BCUT2D eigenvalue weighted by Gasteiger charge is 2.41. The van der Waals surface area contributed by atoms with Gasteiger partial charge in [0.25, 0.3) is 0 Å². The van der Waals surface area contributed by atoms with Crippen molar-refractivity contribution in [1.29, 1.82) is 5.26 Å². The van der Waals surface area contributed by atoms with Gasteiger partial charge in [0, 0.05) is 23.2 Å². The summed E-state index contributed by atoms with van der Waals surface area (Å²) in [6.45, 7) is 0.975. The van der Waals surface area contributed by atoms with E-state index in [4.69, 9.17) is 5.26 Å². The Hall–Kier alpha value is -1.21. The van der Waals surface area contributed by atoms with E-state index in [1.165, 1.54) is 12.8 Å². The van der Waals surface area contributed by atoms with Crippen molar-refractivity contribution < 1.29 is 0 Å². The molecule has 1 aliphatic rings. The molecule has 0 saturated heterocycles. The summed E-state index contributed by atoms with van der Waals surface area (Å²) in [5.41, 5.74) is 1.45. The number of anilines is 1. The third-order valence-corrected chi connectivity index (χ3v) is 4.15. The monoisotopic (exact) mass is 219 g/mol. The van der Waals surface area contributed by atoms with Crippen LogP contribution in [0.1, 0.15) is 18.5 Å². The molecule has 1 aromatic heterocycles. The molecule has 0 aromatic carbocycles. The Balaban J connectivity index is 1.96. The van der Waals surface area contributed by atoms with Crippen LogP contribution in [0.15, 0.2) is 18.3 Å². The minimum atomic E-state index is 0.441. The van der Waals surface area contributed by atoms with E-state index in [9.17, 15) is 0 Å². The number of nitrogens with zero attached hydrogens (tertiary/aromatic N) is 2. The van der Waals surface area contributed by atoms with Crippen molar-refractivity contribution >= 4 is 17.4 Å². The predicted molar refractivity (Wildman–Crippen MR) is 62.9 cm³/mol. The van der Waals surface area contributed by atoms with E-state index >= 15 is 0 Å². The molecule has 1 saturated carbocycles. The van der Waals surface area contributed by atoms with Gasteiger partial charge in [-0.1, -0.05) is 0 Å². The van der Waals surface area contributed by atoms with Gasteiger partial charge in [0.05, 0.1) is 0 Å². The fourth-order valence-electron chi connectivity index (χ4n) is 1.46. The molecule has 1 N–H and O–H groups in total. The normalized spacial score (nSPS) is 16.8. The zero-order valence-electron chi connectivity index (χ0n) is 8.66. The molecule has 0 radical (unpaired) electrons. The molecule has 1 aromatic rings. The Morgan fingerprint density at radius 1 is 1.67 bits per heavy atom. The highest BCUT2D eigenvalue weighted by atomic mass is 32.2. The van der Waals surface area contributed by atoms with Crippen LogP contribution in [0.25, 0.3) is 0 Å². The van der Waals surface area contributed by atoms with Crippen molar-refractivity contribution in [3.05, 3.63) is 24.0 Å². The van der Waals surface area contributed by atoms with E-state index in [0.717, 1.165) is 12.2 Å². The molecule has 0 spiro atoms. The summed E-state index contributed by atoms with van der Waals surface area (Å²) >= 11 is 1.92. The first-order chi connectivity index (χ1) is 7.28. The minimum Gasteiger partial charge on any atom is -0.384 e. The number of nitriles is 1. The van der Waals surface area contributed by atoms with Gasteiger partial charge in [-0.05, 0) is 31.2 Å². The minimum absolute atomic E-state index is 0.441. The summed E-state index contributed by atoms with van der Waals surface area (Å²) < 4.78 is 0.441. The fraction of sp³-hybridized carbons (Fsp3) is 0.455. The zero-order valence-corrected chi connectivity index (χ0v) is 9.47. The summed E-state index contributed by atoms with van der Waals surface area (Å²) in [5.74, 6) is 0. The molecular formula is C11H13N3S. The van der Waals surface area contributed by atoms with Crippen LogP contribution < -0.4 is 5.32 Å². The van der Waals surface area contributed by atoms with Gasteiger partial charge in [0.2, 0.25) is 0 Å². The van der Waals surface area contributed by atoms with E-state index in [1.54, 1.807) is 12.3 Å². The van der Waals surface area contributed by atoms with E-state index in [-0.39, 0.29) is 0 Å². The van der Waals surface area contributed by atoms with Crippen molar-refractivity contribution in [3.63, 3.8) is 0 Å². The Morgan fingerprint density at radius 3 is 3.07 bits per heavy atom. The molecule has 4 heteroatoms. The zero-order chi connectivity index (χ0) is 10.7. The molecule has 1 heterocycles. The third kappa shape index (κ3) is 2.42. The van der Waals surface area contributed by atoms with Crippen LogP contribution in [-0.4, -0.2) is 22.5 Å². The van der Waals surface area contributed by atoms with Crippen LogP contribution in [0.4, 0.5) is 5.69 Å². The Morgan fingerprint density at radius 2 is 2.47 bits per heavy atom. The average Bonchev–Trinajstić information content (AvgIpc) is 3.07. The molecule has 0 atom stereocenters. The van der Waals surface area contributed by atoms with Crippen LogP contribution in [0.5, 0.6) is 0 Å². The molecule has 1 aliphatic carbocycles. The van der Waals surface area contributed by atoms with Crippen LogP contribution in [-0.2, 0) is 0 Å². The van der Waals surface area contributed by atoms with E-state index in [2.05, 4.69) is 16.6 Å². The maximum absolute atomic E-state index is 8.70. The first kappa shape index (κ1) is 10.3. The highest BCUT2D eigenvalue weighted by Crippen LogP contribution is 2.46. The van der Waals surface area contributed by atoms with Gasteiger partial charge < -0.3 is 5.32 Å². The molecule has 2 rings (SSSR count). The predicted octanol–water partition coefficient (Wildman–Crippen LogP) is 2.26. The molecule has 0 aliphatic heterocycles. The number of hydrogen-bond acceptors (Lipinski definition) is 4. The van der Waals surface area contributed by atoms with Gasteiger partial charge in [-0.25, -0.2) is 4.98 Å².